The fourth-order valence-electron chi connectivity index (χ4n) is 9.96. The van der Waals surface area contributed by atoms with Crippen LogP contribution in [-0.2, 0) is 0 Å². The third-order valence-corrected chi connectivity index (χ3v) is 12.4. The van der Waals surface area contributed by atoms with Crippen molar-refractivity contribution < 1.29 is 0 Å². The smallest absolute Gasteiger partial charge is 0.00139 e. The molecular formula is C58H36. The molecule has 12 aromatic carbocycles. The Kier molecular flexibility index (Phi) is 7.33. The molecule has 0 heterocycles. The molecule has 0 atom stereocenters. The van der Waals surface area contributed by atoms with Crippen LogP contribution in [0.15, 0.2) is 218 Å². The predicted octanol–water partition coefficient (Wildman–Crippen LogP) is 16.4. The Hall–Kier alpha value is -7.54. The second kappa shape index (κ2) is 13.0. The SMILES string of the molecule is c1cc(-c2cccc3ccccc23)c(-c2c3ccccc3c(-c3ccc4c5ccccc5c5ccccc5c4c3)c3ccccc23)c(-c2cccc3ccccc23)c1. The van der Waals surface area contributed by atoms with Crippen molar-refractivity contribution in [3.63, 3.8) is 0 Å². The van der Waals surface area contributed by atoms with Crippen LogP contribution in [0.5, 0.6) is 0 Å². The second-order valence-corrected chi connectivity index (χ2v) is 15.5. The lowest BCUT2D eigenvalue weighted by Gasteiger charge is -2.23. The van der Waals surface area contributed by atoms with E-state index < -0.39 is 0 Å². The van der Waals surface area contributed by atoms with Crippen molar-refractivity contribution >= 4 is 75.4 Å². The van der Waals surface area contributed by atoms with E-state index in [1.54, 1.807) is 0 Å². The minimum absolute atomic E-state index is 1.23. The van der Waals surface area contributed by atoms with E-state index in [1.165, 1.54) is 120 Å². The van der Waals surface area contributed by atoms with Crippen LogP contribution in [-0.4, -0.2) is 0 Å². The molecule has 0 aliphatic carbocycles. The zero-order valence-electron chi connectivity index (χ0n) is 31.8. The van der Waals surface area contributed by atoms with Crippen molar-refractivity contribution in [2.24, 2.45) is 0 Å². The maximum absolute atomic E-state index is 2.45. The van der Waals surface area contributed by atoms with Gasteiger partial charge in [-0.3, -0.25) is 0 Å². The summed E-state index contributed by atoms with van der Waals surface area (Å²) >= 11 is 0. The molecule has 0 radical (unpaired) electrons. The summed E-state index contributed by atoms with van der Waals surface area (Å²) in [6.07, 6.45) is 0. The molecule has 0 N–H and O–H groups in total. The van der Waals surface area contributed by atoms with Crippen molar-refractivity contribution in [3.8, 4) is 44.5 Å². The van der Waals surface area contributed by atoms with Crippen molar-refractivity contribution in [1.29, 1.82) is 0 Å². The van der Waals surface area contributed by atoms with Gasteiger partial charge in [0.2, 0.25) is 0 Å². The molecule has 0 aliphatic heterocycles. The van der Waals surface area contributed by atoms with Crippen LogP contribution in [0.4, 0.5) is 0 Å². The molecule has 0 saturated heterocycles. The molecule has 0 spiro atoms. The van der Waals surface area contributed by atoms with Gasteiger partial charge in [0, 0.05) is 0 Å². The summed E-state index contributed by atoms with van der Waals surface area (Å²) in [6, 6.07) is 81.0. The number of rotatable bonds is 4. The molecule has 0 bridgehead atoms. The fraction of sp³-hybridized carbons (Fsp3) is 0. The number of hydrogen-bond donors (Lipinski definition) is 0. The first kappa shape index (κ1) is 32.7. The Labute approximate surface area is 336 Å². The highest BCUT2D eigenvalue weighted by Crippen LogP contribution is 2.51. The largest absolute Gasteiger partial charge is 0.0616 e. The van der Waals surface area contributed by atoms with Crippen LogP contribution in [0.2, 0.25) is 0 Å². The van der Waals surface area contributed by atoms with Gasteiger partial charge in [-0.1, -0.05) is 212 Å². The topological polar surface area (TPSA) is 0 Å². The lowest BCUT2D eigenvalue weighted by molar-refractivity contribution is 1.61. The van der Waals surface area contributed by atoms with Crippen molar-refractivity contribution in [2.45, 2.75) is 0 Å². The molecule has 0 unspecified atom stereocenters. The Morgan fingerprint density at radius 2 is 0.500 bits per heavy atom. The van der Waals surface area contributed by atoms with Gasteiger partial charge in [-0.25, -0.2) is 0 Å². The van der Waals surface area contributed by atoms with E-state index in [0.717, 1.165) is 0 Å². The lowest BCUT2D eigenvalue weighted by Crippen LogP contribution is -1.96. The van der Waals surface area contributed by atoms with Crippen molar-refractivity contribution in [1.82, 2.24) is 0 Å². The van der Waals surface area contributed by atoms with Crippen molar-refractivity contribution in [2.75, 3.05) is 0 Å². The monoisotopic (exact) mass is 732 g/mol. The maximum Gasteiger partial charge on any atom is -0.00139 e. The van der Waals surface area contributed by atoms with Gasteiger partial charge in [0.1, 0.15) is 0 Å². The average molecular weight is 733 g/mol. The summed E-state index contributed by atoms with van der Waals surface area (Å²) in [5.74, 6) is 0. The van der Waals surface area contributed by atoms with Crippen LogP contribution in [0, 0.1) is 0 Å². The zero-order chi connectivity index (χ0) is 38.2. The molecule has 12 rings (SSSR count). The molecule has 58 heavy (non-hydrogen) atoms. The van der Waals surface area contributed by atoms with Gasteiger partial charge in [0.25, 0.3) is 0 Å². The highest BCUT2D eigenvalue weighted by molar-refractivity contribution is 6.28. The quantitative estimate of drug-likeness (QED) is 0.125. The summed E-state index contributed by atoms with van der Waals surface area (Å²) in [4.78, 5) is 0. The van der Waals surface area contributed by atoms with E-state index in [-0.39, 0.29) is 0 Å². The van der Waals surface area contributed by atoms with E-state index in [0.29, 0.717) is 0 Å². The number of hydrogen-bond acceptors (Lipinski definition) is 0. The zero-order valence-corrected chi connectivity index (χ0v) is 31.8. The normalized spacial score (nSPS) is 11.8. The van der Waals surface area contributed by atoms with Crippen LogP contribution in [0.3, 0.4) is 0 Å². The number of fused-ring (bicyclic) bond motifs is 10. The predicted molar refractivity (Wildman–Crippen MR) is 251 cm³/mol. The lowest BCUT2D eigenvalue weighted by atomic mass is 9.79. The summed E-state index contributed by atoms with van der Waals surface area (Å²) in [7, 11) is 0. The molecule has 0 fully saturated rings. The summed E-state index contributed by atoms with van der Waals surface area (Å²) in [6.45, 7) is 0. The molecule has 0 amide bonds. The van der Waals surface area contributed by atoms with Crippen molar-refractivity contribution in [3.05, 3.63) is 218 Å². The van der Waals surface area contributed by atoms with Gasteiger partial charge < -0.3 is 0 Å². The molecule has 0 aliphatic rings. The van der Waals surface area contributed by atoms with Crippen LogP contribution in [0.25, 0.3) is 120 Å². The van der Waals surface area contributed by atoms with Gasteiger partial charge in [-0.15, -0.1) is 0 Å². The molecule has 0 nitrogen and oxygen atoms in total. The minimum atomic E-state index is 1.23. The molecule has 0 saturated carbocycles. The molecule has 0 aromatic heterocycles. The molecule has 12 aromatic rings. The Morgan fingerprint density at radius 3 is 0.983 bits per heavy atom. The highest BCUT2D eigenvalue weighted by Gasteiger charge is 2.23. The third kappa shape index (κ3) is 4.89. The average Bonchev–Trinajstić information content (AvgIpc) is 3.30. The van der Waals surface area contributed by atoms with E-state index >= 15 is 0 Å². The Bertz CT molecular complexity index is 3420. The first-order valence-corrected chi connectivity index (χ1v) is 20.2. The van der Waals surface area contributed by atoms with E-state index in [4.69, 9.17) is 0 Å². The van der Waals surface area contributed by atoms with Crippen LogP contribution >= 0.6 is 0 Å². The van der Waals surface area contributed by atoms with Gasteiger partial charge in [0.15, 0.2) is 0 Å². The van der Waals surface area contributed by atoms with Gasteiger partial charge in [-0.2, -0.15) is 0 Å². The molecule has 268 valence electrons. The standard InChI is InChI=1S/C58H36/c1-3-20-40-37(16-1)18-13-30-42(40)49-32-15-33-50(43-31-14-19-38-17-2-4-21-41(38)43)57(49)58-53-28-11-9-26-51(53)56(52-27-10-12-29-54(52)58)39-34-35-48-46-24-6-5-22-44(46)45-23-7-8-25-47(45)55(48)36-39/h1-36H. The van der Waals surface area contributed by atoms with Gasteiger partial charge >= 0.3 is 0 Å². The third-order valence-electron chi connectivity index (χ3n) is 12.4. The van der Waals surface area contributed by atoms with Crippen LogP contribution in [0.1, 0.15) is 0 Å². The molecular weight excluding hydrogens is 697 g/mol. The Morgan fingerprint density at radius 1 is 0.172 bits per heavy atom. The van der Waals surface area contributed by atoms with E-state index in [1.807, 2.05) is 0 Å². The van der Waals surface area contributed by atoms with Crippen LogP contribution < -0.4 is 0 Å². The second-order valence-electron chi connectivity index (χ2n) is 15.5. The summed E-state index contributed by atoms with van der Waals surface area (Å²) in [5.41, 5.74) is 9.95. The first-order valence-electron chi connectivity index (χ1n) is 20.2. The summed E-state index contributed by atoms with van der Waals surface area (Å²) < 4.78 is 0. The highest BCUT2D eigenvalue weighted by atomic mass is 14.3. The minimum Gasteiger partial charge on any atom is -0.0616 e. The number of benzene rings is 12. The summed E-state index contributed by atoms with van der Waals surface area (Å²) in [5, 5.41) is 17.7. The van der Waals surface area contributed by atoms with Gasteiger partial charge in [-0.05, 0) is 126 Å². The fourth-order valence-corrected chi connectivity index (χ4v) is 9.96. The maximum atomic E-state index is 2.45. The molecule has 0 heteroatoms. The van der Waals surface area contributed by atoms with Gasteiger partial charge in [0.05, 0.1) is 0 Å². The Balaban J connectivity index is 1.23. The first-order chi connectivity index (χ1) is 28.8. The van der Waals surface area contributed by atoms with E-state index in [2.05, 4.69) is 218 Å². The van der Waals surface area contributed by atoms with E-state index in [9.17, 15) is 0 Å².